The van der Waals surface area contributed by atoms with Crippen molar-refractivity contribution in [2.24, 2.45) is 0 Å². The molecule has 1 aliphatic rings. The molecule has 2 aromatic heterocycles. The van der Waals surface area contributed by atoms with Gasteiger partial charge in [0.1, 0.15) is 5.69 Å². The fraction of sp³-hybridized carbons (Fsp3) is 0.333. The first-order chi connectivity index (χ1) is 10.8. The van der Waals surface area contributed by atoms with Gasteiger partial charge in [-0.2, -0.15) is 0 Å². The lowest BCUT2D eigenvalue weighted by atomic mass is 10.3. The summed E-state index contributed by atoms with van der Waals surface area (Å²) in [7, 11) is 0. The van der Waals surface area contributed by atoms with E-state index in [2.05, 4.69) is 20.3 Å². The third kappa shape index (κ3) is 3.56. The second kappa shape index (κ2) is 6.95. The standard InChI is InChI=1S/C15H17N5O2/c21-14(18-11-12-2-1-4-16-10-12)13-3-5-17-15(19-13)20-6-8-22-9-7-20/h1-5,10H,6-9,11H2,(H,18,21). The van der Waals surface area contributed by atoms with Crippen LogP contribution in [0, 0.1) is 0 Å². The van der Waals surface area contributed by atoms with Gasteiger partial charge in [-0.1, -0.05) is 6.07 Å². The third-order valence-corrected chi connectivity index (χ3v) is 3.35. The van der Waals surface area contributed by atoms with E-state index in [9.17, 15) is 4.79 Å². The van der Waals surface area contributed by atoms with E-state index in [1.54, 1.807) is 24.7 Å². The number of nitrogens with one attached hydrogen (secondary N) is 1. The van der Waals surface area contributed by atoms with Crippen LogP contribution in [-0.2, 0) is 11.3 Å². The average molecular weight is 299 g/mol. The maximum atomic E-state index is 12.2. The van der Waals surface area contributed by atoms with Crippen LogP contribution in [0.15, 0.2) is 36.8 Å². The number of pyridine rings is 1. The molecule has 1 N–H and O–H groups in total. The summed E-state index contributed by atoms with van der Waals surface area (Å²) in [6.07, 6.45) is 5.03. The van der Waals surface area contributed by atoms with Gasteiger partial charge >= 0.3 is 0 Å². The molecule has 2 aromatic rings. The highest BCUT2D eigenvalue weighted by Gasteiger charge is 2.16. The first-order valence-electron chi connectivity index (χ1n) is 7.16. The normalized spacial score (nSPS) is 14.6. The summed E-state index contributed by atoms with van der Waals surface area (Å²) >= 11 is 0. The number of ether oxygens (including phenoxy) is 1. The van der Waals surface area contributed by atoms with E-state index in [0.717, 1.165) is 18.7 Å². The van der Waals surface area contributed by atoms with E-state index < -0.39 is 0 Å². The van der Waals surface area contributed by atoms with Gasteiger partial charge in [-0.25, -0.2) is 9.97 Å². The summed E-state index contributed by atoms with van der Waals surface area (Å²) in [6, 6.07) is 5.36. The van der Waals surface area contributed by atoms with Crippen molar-refractivity contribution in [3.8, 4) is 0 Å². The van der Waals surface area contributed by atoms with Gasteiger partial charge in [-0.3, -0.25) is 9.78 Å². The molecule has 3 heterocycles. The molecule has 0 aliphatic carbocycles. The molecule has 0 radical (unpaired) electrons. The molecular weight excluding hydrogens is 282 g/mol. The smallest absolute Gasteiger partial charge is 0.270 e. The SMILES string of the molecule is O=C(NCc1cccnc1)c1ccnc(N2CCOCC2)n1. The Morgan fingerprint density at radius 1 is 1.27 bits per heavy atom. The molecule has 114 valence electrons. The molecule has 22 heavy (non-hydrogen) atoms. The minimum atomic E-state index is -0.222. The van der Waals surface area contributed by atoms with Gasteiger partial charge in [0, 0.05) is 38.2 Å². The van der Waals surface area contributed by atoms with Crippen molar-refractivity contribution >= 4 is 11.9 Å². The van der Waals surface area contributed by atoms with E-state index in [0.29, 0.717) is 31.4 Å². The first-order valence-corrected chi connectivity index (χ1v) is 7.16. The lowest BCUT2D eigenvalue weighted by molar-refractivity contribution is 0.0945. The van der Waals surface area contributed by atoms with Crippen molar-refractivity contribution in [3.05, 3.63) is 48.0 Å². The number of hydrogen-bond acceptors (Lipinski definition) is 6. The number of carbonyl (C=O) groups excluding carboxylic acids is 1. The van der Waals surface area contributed by atoms with Gasteiger partial charge in [0.05, 0.1) is 13.2 Å². The van der Waals surface area contributed by atoms with Crippen LogP contribution in [0.2, 0.25) is 0 Å². The Hall–Kier alpha value is -2.54. The zero-order chi connectivity index (χ0) is 15.2. The summed E-state index contributed by atoms with van der Waals surface area (Å²) < 4.78 is 5.30. The Morgan fingerprint density at radius 3 is 2.91 bits per heavy atom. The first kappa shape index (κ1) is 14.4. The molecule has 1 amide bonds. The molecule has 3 rings (SSSR count). The summed E-state index contributed by atoms with van der Waals surface area (Å²) in [5.41, 5.74) is 1.30. The minimum absolute atomic E-state index is 0.222. The predicted octanol–water partition coefficient (Wildman–Crippen LogP) is 0.638. The largest absolute Gasteiger partial charge is 0.378 e. The van der Waals surface area contributed by atoms with Crippen LogP contribution in [0.4, 0.5) is 5.95 Å². The Bertz CT molecular complexity index is 629. The highest BCUT2D eigenvalue weighted by molar-refractivity contribution is 5.92. The number of aromatic nitrogens is 3. The van der Waals surface area contributed by atoms with Crippen LogP contribution in [0.5, 0.6) is 0 Å². The van der Waals surface area contributed by atoms with Crippen LogP contribution in [-0.4, -0.2) is 47.2 Å². The quantitative estimate of drug-likeness (QED) is 0.892. The Morgan fingerprint density at radius 2 is 2.14 bits per heavy atom. The number of rotatable bonds is 4. The lowest BCUT2D eigenvalue weighted by Crippen LogP contribution is -2.37. The van der Waals surface area contributed by atoms with E-state index in [-0.39, 0.29) is 5.91 Å². The van der Waals surface area contributed by atoms with Gasteiger partial charge in [-0.15, -0.1) is 0 Å². The second-order valence-electron chi connectivity index (χ2n) is 4.89. The summed E-state index contributed by atoms with van der Waals surface area (Å²) in [5, 5.41) is 2.83. The topological polar surface area (TPSA) is 80.2 Å². The molecule has 1 saturated heterocycles. The van der Waals surface area contributed by atoms with Crippen LogP contribution in [0.3, 0.4) is 0 Å². The Kier molecular flexibility index (Phi) is 4.55. The summed E-state index contributed by atoms with van der Waals surface area (Å²) in [5.74, 6) is 0.345. The van der Waals surface area contributed by atoms with E-state index in [4.69, 9.17) is 4.74 Å². The number of amides is 1. The highest BCUT2D eigenvalue weighted by atomic mass is 16.5. The molecule has 0 spiro atoms. The number of morpholine rings is 1. The molecule has 0 unspecified atom stereocenters. The van der Waals surface area contributed by atoms with Crippen molar-refractivity contribution in [2.75, 3.05) is 31.2 Å². The van der Waals surface area contributed by atoms with Gasteiger partial charge < -0.3 is 15.0 Å². The Balaban J connectivity index is 1.64. The van der Waals surface area contributed by atoms with Gasteiger partial charge in [0.2, 0.25) is 5.95 Å². The van der Waals surface area contributed by atoms with Gasteiger partial charge in [0.25, 0.3) is 5.91 Å². The molecule has 7 heteroatoms. The third-order valence-electron chi connectivity index (χ3n) is 3.35. The van der Waals surface area contributed by atoms with Crippen molar-refractivity contribution < 1.29 is 9.53 Å². The van der Waals surface area contributed by atoms with E-state index in [1.165, 1.54) is 0 Å². The maximum Gasteiger partial charge on any atom is 0.270 e. The van der Waals surface area contributed by atoms with Crippen molar-refractivity contribution in [1.29, 1.82) is 0 Å². The molecule has 7 nitrogen and oxygen atoms in total. The molecule has 1 fully saturated rings. The van der Waals surface area contributed by atoms with Gasteiger partial charge in [0.15, 0.2) is 0 Å². The lowest BCUT2D eigenvalue weighted by Gasteiger charge is -2.26. The monoisotopic (exact) mass is 299 g/mol. The predicted molar refractivity (Wildman–Crippen MR) is 80.5 cm³/mol. The average Bonchev–Trinajstić information content (AvgIpc) is 2.61. The van der Waals surface area contributed by atoms with Crippen LogP contribution >= 0.6 is 0 Å². The summed E-state index contributed by atoms with van der Waals surface area (Å²) in [4.78, 5) is 26.8. The number of hydrogen-bond donors (Lipinski definition) is 1. The van der Waals surface area contributed by atoms with Crippen molar-refractivity contribution in [3.63, 3.8) is 0 Å². The van der Waals surface area contributed by atoms with E-state index >= 15 is 0 Å². The fourth-order valence-electron chi connectivity index (χ4n) is 2.17. The second-order valence-corrected chi connectivity index (χ2v) is 4.89. The zero-order valence-corrected chi connectivity index (χ0v) is 12.1. The number of nitrogens with zero attached hydrogens (tertiary/aromatic N) is 4. The molecule has 1 aliphatic heterocycles. The maximum absolute atomic E-state index is 12.2. The number of carbonyl (C=O) groups is 1. The highest BCUT2D eigenvalue weighted by Crippen LogP contribution is 2.10. The van der Waals surface area contributed by atoms with Crippen molar-refractivity contribution in [2.45, 2.75) is 6.54 Å². The fourth-order valence-corrected chi connectivity index (χ4v) is 2.17. The van der Waals surface area contributed by atoms with Crippen molar-refractivity contribution in [1.82, 2.24) is 20.3 Å². The summed E-state index contributed by atoms with van der Waals surface area (Å²) in [6.45, 7) is 3.20. The van der Waals surface area contributed by atoms with Gasteiger partial charge in [-0.05, 0) is 17.7 Å². The van der Waals surface area contributed by atoms with Crippen LogP contribution in [0.1, 0.15) is 16.1 Å². The molecule has 0 bridgehead atoms. The molecule has 0 atom stereocenters. The number of anilines is 1. The van der Waals surface area contributed by atoms with E-state index in [1.807, 2.05) is 17.0 Å². The minimum Gasteiger partial charge on any atom is -0.378 e. The van der Waals surface area contributed by atoms with Crippen LogP contribution < -0.4 is 10.2 Å². The van der Waals surface area contributed by atoms with Crippen LogP contribution in [0.25, 0.3) is 0 Å². The molecule has 0 aromatic carbocycles. The Labute approximate surface area is 128 Å². The molecule has 0 saturated carbocycles. The zero-order valence-electron chi connectivity index (χ0n) is 12.1. The molecular formula is C15H17N5O2.